The third-order valence-electron chi connectivity index (χ3n) is 12.2. The largest absolute Gasteiger partial charge is 0.456 e. The van der Waals surface area contributed by atoms with Crippen LogP contribution in [0.25, 0.3) is 0 Å². The van der Waals surface area contributed by atoms with E-state index in [1.165, 1.54) is 6.92 Å². The van der Waals surface area contributed by atoms with Crippen molar-refractivity contribution in [3.8, 4) is 0 Å². The molecule has 1 saturated heterocycles. The molecular formula is C37H51F5N2O5. The third kappa shape index (κ3) is 6.10. The average molecular weight is 699 g/mol. The normalized spacial score (nSPS) is 35.7. The average Bonchev–Trinajstić information content (AvgIpc) is 3.27. The van der Waals surface area contributed by atoms with Crippen LogP contribution in [-0.2, 0) is 16.0 Å². The Morgan fingerprint density at radius 1 is 0.939 bits per heavy atom. The van der Waals surface area contributed by atoms with Gasteiger partial charge in [-0.15, -0.1) is 0 Å². The molecule has 1 spiro atoms. The number of alkyl halides is 5. The molecule has 6 rings (SSSR count). The van der Waals surface area contributed by atoms with Crippen LogP contribution in [0, 0.1) is 22.7 Å². The van der Waals surface area contributed by atoms with E-state index in [9.17, 15) is 28.2 Å². The highest BCUT2D eigenvalue weighted by molar-refractivity contribution is 5.74. The summed E-state index contributed by atoms with van der Waals surface area (Å²) in [4.78, 5) is 12.3. The maximum absolute atomic E-state index is 15.4. The number of benzene rings is 1. The van der Waals surface area contributed by atoms with Crippen molar-refractivity contribution < 1.29 is 46.4 Å². The van der Waals surface area contributed by atoms with Gasteiger partial charge in [0.15, 0.2) is 5.79 Å². The van der Waals surface area contributed by atoms with Gasteiger partial charge in [-0.05, 0) is 87.8 Å². The molecule has 274 valence electrons. The maximum atomic E-state index is 15.4. The molecule has 6 atom stereocenters. The number of hydrogen-bond acceptors (Lipinski definition) is 5. The number of ether oxygens (including phenoxy) is 2. The number of hydrogen-bond donors (Lipinski definition) is 4. The first kappa shape index (κ1) is 36.5. The van der Waals surface area contributed by atoms with Crippen molar-refractivity contribution in [3.05, 3.63) is 46.5 Å². The number of fused-ring (bicyclic) bond motifs is 4. The fraction of sp³-hybridized carbons (Fsp3) is 0.757. The quantitative estimate of drug-likeness (QED) is 0.193. The Morgan fingerprint density at radius 3 is 2.16 bits per heavy atom. The number of urea groups is 1. The highest BCUT2D eigenvalue weighted by Gasteiger charge is 2.79. The van der Waals surface area contributed by atoms with E-state index in [0.29, 0.717) is 44.5 Å². The summed E-state index contributed by atoms with van der Waals surface area (Å²) in [7, 11) is 0. The fourth-order valence-corrected chi connectivity index (χ4v) is 9.74. The lowest BCUT2D eigenvalue weighted by atomic mass is 9.49. The first-order valence-corrected chi connectivity index (χ1v) is 17.5. The van der Waals surface area contributed by atoms with E-state index in [0.717, 1.165) is 16.7 Å². The standard InChI is InChI=1S/C37H51F5N2O5/c1-30(2,3)44-29(45)43-18-22-7-9-23(10-8-22)25-17-32(6)26(13-16-35(32,47)36(38,39)37(40,41)42)24-11-14-33(46)19-34(15-12-27(33)28(24)25)48-20-31(4,5)21-49-34/h7-10,24-26,46-47H,11-21H2,1-6H3,(H2,43,44,45)/t24-,25+,26-,32-,33+,35-/m0/s1. The molecule has 2 amide bonds. The van der Waals surface area contributed by atoms with Gasteiger partial charge in [0.05, 0.1) is 18.8 Å². The molecule has 4 fully saturated rings. The van der Waals surface area contributed by atoms with Gasteiger partial charge in [-0.1, -0.05) is 50.6 Å². The Labute approximate surface area is 285 Å². The summed E-state index contributed by atoms with van der Waals surface area (Å²) in [6.07, 6.45) is -4.87. The molecule has 1 aliphatic heterocycles. The molecule has 12 heteroatoms. The Kier molecular flexibility index (Phi) is 8.66. The summed E-state index contributed by atoms with van der Waals surface area (Å²) in [5.41, 5.74) is -3.74. The lowest BCUT2D eigenvalue weighted by Crippen LogP contribution is -2.65. The molecule has 1 heterocycles. The highest BCUT2D eigenvalue weighted by atomic mass is 19.4. The number of halogens is 5. The zero-order chi connectivity index (χ0) is 36.1. The van der Waals surface area contributed by atoms with Crippen LogP contribution in [0.3, 0.4) is 0 Å². The van der Waals surface area contributed by atoms with E-state index in [4.69, 9.17) is 9.47 Å². The van der Waals surface area contributed by atoms with Gasteiger partial charge in [0, 0.05) is 41.7 Å². The van der Waals surface area contributed by atoms with E-state index in [1.54, 1.807) is 0 Å². The van der Waals surface area contributed by atoms with Crippen molar-refractivity contribution in [3.63, 3.8) is 0 Å². The van der Waals surface area contributed by atoms with Gasteiger partial charge >= 0.3 is 18.1 Å². The van der Waals surface area contributed by atoms with Gasteiger partial charge in [-0.2, -0.15) is 22.0 Å². The first-order chi connectivity index (χ1) is 22.5. The van der Waals surface area contributed by atoms with Crippen molar-refractivity contribution in [1.82, 2.24) is 10.6 Å². The maximum Gasteiger partial charge on any atom is 0.456 e. The van der Waals surface area contributed by atoms with Crippen molar-refractivity contribution in [2.75, 3.05) is 13.2 Å². The van der Waals surface area contributed by atoms with Crippen LogP contribution >= 0.6 is 0 Å². The predicted molar refractivity (Wildman–Crippen MR) is 173 cm³/mol. The molecule has 0 radical (unpaired) electrons. The smallest absolute Gasteiger partial charge is 0.385 e. The van der Waals surface area contributed by atoms with Crippen LogP contribution in [0.4, 0.5) is 26.7 Å². The molecule has 0 aromatic heterocycles. The minimum atomic E-state index is -5.92. The number of aliphatic hydroxyl groups is 2. The van der Waals surface area contributed by atoms with Crippen molar-refractivity contribution in [2.24, 2.45) is 22.7 Å². The Morgan fingerprint density at radius 2 is 1.57 bits per heavy atom. The van der Waals surface area contributed by atoms with Crippen LogP contribution in [0.5, 0.6) is 0 Å². The van der Waals surface area contributed by atoms with Crippen molar-refractivity contribution >= 4 is 6.03 Å². The highest BCUT2D eigenvalue weighted by Crippen LogP contribution is 2.71. The topological polar surface area (TPSA) is 100 Å². The lowest BCUT2D eigenvalue weighted by Gasteiger charge is -2.59. The van der Waals surface area contributed by atoms with Crippen LogP contribution in [0.2, 0.25) is 0 Å². The molecule has 5 aliphatic rings. The molecule has 49 heavy (non-hydrogen) atoms. The van der Waals surface area contributed by atoms with Crippen LogP contribution in [0.15, 0.2) is 35.4 Å². The number of rotatable bonds is 4. The number of nitrogens with one attached hydrogen (secondary N) is 2. The minimum Gasteiger partial charge on any atom is -0.385 e. The number of allylic oxidation sites excluding steroid dienone is 1. The van der Waals surface area contributed by atoms with E-state index in [-0.39, 0.29) is 43.2 Å². The second-order valence-electron chi connectivity index (χ2n) is 17.5. The summed E-state index contributed by atoms with van der Waals surface area (Å²) < 4.78 is 85.2. The first-order valence-electron chi connectivity index (χ1n) is 17.5. The van der Waals surface area contributed by atoms with E-state index in [1.807, 2.05) is 58.9 Å². The number of carbonyl (C=O) groups is 1. The van der Waals surface area contributed by atoms with Gasteiger partial charge in [0.2, 0.25) is 0 Å². The molecule has 1 aromatic rings. The molecule has 4 N–H and O–H groups in total. The predicted octanol–water partition coefficient (Wildman–Crippen LogP) is 7.51. The summed E-state index contributed by atoms with van der Waals surface area (Å²) in [5.74, 6) is -7.89. The summed E-state index contributed by atoms with van der Waals surface area (Å²) >= 11 is 0. The zero-order valence-electron chi connectivity index (χ0n) is 29.3. The molecule has 0 unspecified atom stereocenters. The Hall–Kier alpha value is -2.28. The summed E-state index contributed by atoms with van der Waals surface area (Å²) in [5, 5.41) is 29.6. The van der Waals surface area contributed by atoms with Crippen LogP contribution in [0.1, 0.15) is 110 Å². The van der Waals surface area contributed by atoms with E-state index >= 15 is 8.78 Å². The Bertz CT molecular complexity index is 1480. The van der Waals surface area contributed by atoms with E-state index in [2.05, 4.69) is 10.6 Å². The monoisotopic (exact) mass is 698 g/mol. The number of carbonyl (C=O) groups excluding carboxylic acids is 1. The van der Waals surface area contributed by atoms with Crippen molar-refractivity contribution in [2.45, 2.75) is 140 Å². The second-order valence-corrected chi connectivity index (χ2v) is 17.5. The fourth-order valence-electron chi connectivity index (χ4n) is 9.74. The molecule has 4 aliphatic carbocycles. The minimum absolute atomic E-state index is 0.0255. The third-order valence-corrected chi connectivity index (χ3v) is 12.2. The van der Waals surface area contributed by atoms with Gasteiger partial charge in [-0.3, -0.25) is 0 Å². The zero-order valence-corrected chi connectivity index (χ0v) is 29.3. The SMILES string of the molecule is CC1(C)COC2(CCC3=C4[C@@H](CC[C@@]3(O)C2)[C@@H]2CC[C@@](O)(C(F)(F)C(F)(F)F)[C@@]2(C)C[C@@H]4c2ccc(CNC(=O)NC(C)(C)C)cc2)OC1. The molecular weight excluding hydrogens is 647 g/mol. The van der Waals surface area contributed by atoms with Gasteiger partial charge < -0.3 is 30.3 Å². The van der Waals surface area contributed by atoms with Gasteiger partial charge in [-0.25, -0.2) is 4.79 Å². The van der Waals surface area contributed by atoms with Crippen LogP contribution in [-0.4, -0.2) is 64.1 Å². The lowest BCUT2D eigenvalue weighted by molar-refractivity contribution is -0.362. The van der Waals surface area contributed by atoms with Gasteiger partial charge in [0.1, 0.15) is 5.60 Å². The second kappa shape index (κ2) is 11.6. The van der Waals surface area contributed by atoms with Gasteiger partial charge in [0.25, 0.3) is 0 Å². The molecule has 1 aromatic carbocycles. The Balaban J connectivity index is 1.38. The van der Waals surface area contributed by atoms with Crippen molar-refractivity contribution in [1.29, 1.82) is 0 Å². The van der Waals surface area contributed by atoms with Crippen LogP contribution < -0.4 is 10.6 Å². The van der Waals surface area contributed by atoms with E-state index < -0.39 is 58.3 Å². The molecule has 0 bridgehead atoms. The number of amides is 2. The summed E-state index contributed by atoms with van der Waals surface area (Å²) in [6, 6.07) is 6.92. The summed E-state index contributed by atoms with van der Waals surface area (Å²) in [6.45, 7) is 12.3. The molecule has 3 saturated carbocycles. The molecule has 7 nitrogen and oxygen atoms in total.